The van der Waals surface area contributed by atoms with Gasteiger partial charge in [-0.25, -0.2) is 4.79 Å². The fourth-order valence-corrected chi connectivity index (χ4v) is 2.36. The number of benzene rings is 2. The highest BCUT2D eigenvalue weighted by molar-refractivity contribution is 5.99. The Kier molecular flexibility index (Phi) is 5.31. The number of fused-ring (bicyclic) bond motifs is 1. The van der Waals surface area contributed by atoms with Gasteiger partial charge in [0, 0.05) is 11.6 Å². The van der Waals surface area contributed by atoms with E-state index in [4.69, 9.17) is 9.47 Å². The van der Waals surface area contributed by atoms with Crippen LogP contribution in [-0.2, 0) is 0 Å². The lowest BCUT2D eigenvalue weighted by atomic mass is 10.2. The summed E-state index contributed by atoms with van der Waals surface area (Å²) in [6.07, 6.45) is 1.69. The molecule has 3 rings (SSSR count). The predicted molar refractivity (Wildman–Crippen MR) is 97.0 cm³/mol. The Morgan fingerprint density at radius 1 is 1.00 bits per heavy atom. The number of nitrogens with zero attached hydrogens (tertiary/aromatic N) is 1. The molecule has 0 radical (unpaired) electrons. The first kappa shape index (κ1) is 16.6. The molecular formula is C19H19N3O3. The third kappa shape index (κ3) is 4.38. The maximum atomic E-state index is 12.0. The van der Waals surface area contributed by atoms with Gasteiger partial charge in [0.2, 0.25) is 0 Å². The minimum atomic E-state index is -0.357. The molecule has 0 bridgehead atoms. The Bertz CT molecular complexity index is 845. The summed E-state index contributed by atoms with van der Waals surface area (Å²) in [4.78, 5) is 16.3. The van der Waals surface area contributed by atoms with Crippen molar-refractivity contribution in [2.24, 2.45) is 0 Å². The van der Waals surface area contributed by atoms with Crippen molar-refractivity contribution in [3.8, 4) is 11.5 Å². The van der Waals surface area contributed by atoms with Gasteiger partial charge in [-0.15, -0.1) is 0 Å². The zero-order chi connectivity index (χ0) is 17.5. The minimum Gasteiger partial charge on any atom is -0.494 e. The highest BCUT2D eigenvalue weighted by atomic mass is 16.5. The monoisotopic (exact) mass is 337 g/mol. The van der Waals surface area contributed by atoms with Crippen molar-refractivity contribution in [2.45, 2.75) is 6.92 Å². The molecule has 6 heteroatoms. The number of nitrogens with one attached hydrogen (secondary N) is 2. The molecule has 1 aromatic heterocycles. The Balaban J connectivity index is 1.52. The van der Waals surface area contributed by atoms with Crippen molar-refractivity contribution in [3.05, 3.63) is 60.8 Å². The number of hydrogen-bond acceptors (Lipinski definition) is 4. The summed E-state index contributed by atoms with van der Waals surface area (Å²) in [6, 6.07) is 16.3. The molecule has 2 aromatic carbocycles. The van der Waals surface area contributed by atoms with Crippen LogP contribution >= 0.6 is 0 Å². The first-order chi connectivity index (χ1) is 12.3. The highest BCUT2D eigenvalue weighted by Gasteiger charge is 2.06. The normalized spacial score (nSPS) is 10.3. The summed E-state index contributed by atoms with van der Waals surface area (Å²) in [5.41, 5.74) is 1.39. The summed E-state index contributed by atoms with van der Waals surface area (Å²) < 4.78 is 10.9. The topological polar surface area (TPSA) is 72.5 Å². The lowest BCUT2D eigenvalue weighted by molar-refractivity contribution is 0.234. The Labute approximate surface area is 145 Å². The zero-order valence-corrected chi connectivity index (χ0v) is 13.9. The number of pyridine rings is 1. The second-order valence-electron chi connectivity index (χ2n) is 5.20. The van der Waals surface area contributed by atoms with Gasteiger partial charge in [0.25, 0.3) is 0 Å². The van der Waals surface area contributed by atoms with Crippen LogP contribution < -0.4 is 20.1 Å². The summed E-state index contributed by atoms with van der Waals surface area (Å²) in [5.74, 6) is 1.43. The molecule has 0 unspecified atom stereocenters. The van der Waals surface area contributed by atoms with Crippen LogP contribution in [0.4, 0.5) is 10.5 Å². The van der Waals surface area contributed by atoms with Crippen LogP contribution in [0.15, 0.2) is 60.8 Å². The molecule has 0 fully saturated rings. The lowest BCUT2D eigenvalue weighted by Gasteiger charge is -2.11. The van der Waals surface area contributed by atoms with Gasteiger partial charge < -0.3 is 20.1 Å². The molecule has 0 aliphatic rings. The third-order valence-electron chi connectivity index (χ3n) is 3.49. The molecule has 0 atom stereocenters. The number of ether oxygens (including phenoxy) is 2. The van der Waals surface area contributed by atoms with Crippen LogP contribution in [0.5, 0.6) is 11.5 Å². The van der Waals surface area contributed by atoms with Crippen LogP contribution in [0.25, 0.3) is 10.9 Å². The molecule has 128 valence electrons. The van der Waals surface area contributed by atoms with Crippen molar-refractivity contribution >= 4 is 22.6 Å². The molecular weight excluding hydrogens is 318 g/mol. The van der Waals surface area contributed by atoms with E-state index in [0.29, 0.717) is 18.0 Å². The van der Waals surface area contributed by atoms with E-state index >= 15 is 0 Å². The quantitative estimate of drug-likeness (QED) is 0.671. The van der Waals surface area contributed by atoms with Crippen molar-refractivity contribution in [1.29, 1.82) is 0 Å². The van der Waals surface area contributed by atoms with E-state index in [1.807, 2.05) is 49.4 Å². The van der Waals surface area contributed by atoms with Crippen LogP contribution in [0.2, 0.25) is 0 Å². The fourth-order valence-electron chi connectivity index (χ4n) is 2.36. The average molecular weight is 337 g/mol. The number of urea groups is 1. The van der Waals surface area contributed by atoms with E-state index in [1.54, 1.807) is 18.3 Å². The number of rotatable bonds is 6. The van der Waals surface area contributed by atoms with Crippen molar-refractivity contribution in [1.82, 2.24) is 10.3 Å². The number of para-hydroxylation sites is 1. The zero-order valence-electron chi connectivity index (χ0n) is 13.9. The first-order valence-corrected chi connectivity index (χ1v) is 8.00. The fraction of sp³-hybridized carbons (Fsp3) is 0.158. The molecule has 2 N–H and O–H groups in total. The summed E-state index contributed by atoms with van der Waals surface area (Å²) >= 11 is 0. The Hall–Kier alpha value is -3.28. The number of carbonyl (C=O) groups excluding carboxylic acids is 1. The lowest BCUT2D eigenvalue weighted by Crippen LogP contribution is -2.32. The molecule has 3 aromatic rings. The summed E-state index contributed by atoms with van der Waals surface area (Å²) in [7, 11) is 0. The highest BCUT2D eigenvalue weighted by Crippen LogP contribution is 2.20. The molecule has 0 saturated carbocycles. The van der Waals surface area contributed by atoms with Gasteiger partial charge in [-0.05, 0) is 43.3 Å². The van der Waals surface area contributed by atoms with E-state index in [9.17, 15) is 4.79 Å². The Morgan fingerprint density at radius 2 is 1.72 bits per heavy atom. The molecule has 0 aliphatic carbocycles. The van der Waals surface area contributed by atoms with Crippen molar-refractivity contribution < 1.29 is 14.3 Å². The van der Waals surface area contributed by atoms with E-state index in [2.05, 4.69) is 15.6 Å². The van der Waals surface area contributed by atoms with Gasteiger partial charge in [0.1, 0.15) is 11.5 Å². The summed E-state index contributed by atoms with van der Waals surface area (Å²) in [6.45, 7) is 2.60. The minimum absolute atomic E-state index is 0.0536. The largest absolute Gasteiger partial charge is 0.494 e. The molecule has 25 heavy (non-hydrogen) atoms. The number of hydrogen-bond donors (Lipinski definition) is 2. The maximum Gasteiger partial charge on any atom is 0.321 e. The van der Waals surface area contributed by atoms with Crippen molar-refractivity contribution in [2.75, 3.05) is 18.7 Å². The number of carbonyl (C=O) groups is 1. The Morgan fingerprint density at radius 3 is 2.48 bits per heavy atom. The van der Waals surface area contributed by atoms with E-state index < -0.39 is 0 Å². The number of amides is 2. The molecule has 0 aliphatic heterocycles. The predicted octanol–water partition coefficient (Wildman–Crippen LogP) is 3.79. The van der Waals surface area contributed by atoms with Crippen LogP contribution in [-0.4, -0.2) is 24.4 Å². The maximum absolute atomic E-state index is 12.0. The van der Waals surface area contributed by atoms with Gasteiger partial charge >= 0.3 is 6.03 Å². The second-order valence-corrected chi connectivity index (χ2v) is 5.20. The second kappa shape index (κ2) is 8.01. The van der Waals surface area contributed by atoms with Crippen LogP contribution in [0.3, 0.4) is 0 Å². The SMILES string of the molecule is CCOc1ccc(OCNC(=O)Nc2cccc3cccnc23)cc1. The third-order valence-corrected chi connectivity index (χ3v) is 3.49. The average Bonchev–Trinajstić information content (AvgIpc) is 2.64. The molecule has 1 heterocycles. The van der Waals surface area contributed by atoms with Crippen molar-refractivity contribution in [3.63, 3.8) is 0 Å². The van der Waals surface area contributed by atoms with Gasteiger partial charge in [0.05, 0.1) is 17.8 Å². The van der Waals surface area contributed by atoms with Gasteiger partial charge in [0.15, 0.2) is 6.73 Å². The summed E-state index contributed by atoms with van der Waals surface area (Å²) in [5, 5.41) is 6.40. The van der Waals surface area contributed by atoms with Crippen LogP contribution in [0, 0.1) is 0 Å². The van der Waals surface area contributed by atoms with Gasteiger partial charge in [-0.2, -0.15) is 0 Å². The molecule has 0 spiro atoms. The standard InChI is InChI=1S/C19H19N3O3/c1-2-24-15-8-10-16(11-9-15)25-13-21-19(23)22-17-7-3-5-14-6-4-12-20-18(14)17/h3-12H,2,13H2,1H3,(H2,21,22,23). The van der Waals surface area contributed by atoms with Gasteiger partial charge in [-0.1, -0.05) is 18.2 Å². The van der Waals surface area contributed by atoms with Crippen LogP contribution in [0.1, 0.15) is 6.92 Å². The smallest absolute Gasteiger partial charge is 0.321 e. The number of aromatic nitrogens is 1. The van der Waals surface area contributed by atoms with E-state index in [-0.39, 0.29) is 12.8 Å². The van der Waals surface area contributed by atoms with Gasteiger partial charge in [-0.3, -0.25) is 4.98 Å². The first-order valence-electron chi connectivity index (χ1n) is 8.00. The van der Waals surface area contributed by atoms with E-state index in [1.165, 1.54) is 0 Å². The number of anilines is 1. The molecule has 2 amide bonds. The molecule has 6 nitrogen and oxygen atoms in total. The van der Waals surface area contributed by atoms with E-state index in [0.717, 1.165) is 16.7 Å². The molecule has 0 saturated heterocycles.